The second-order valence-corrected chi connectivity index (χ2v) is 9.02. The lowest BCUT2D eigenvalue weighted by molar-refractivity contribution is -0.133. The lowest BCUT2D eigenvalue weighted by atomic mass is 9.88. The van der Waals surface area contributed by atoms with Gasteiger partial charge in [0.2, 0.25) is 5.91 Å². The Bertz CT molecular complexity index is 857. The van der Waals surface area contributed by atoms with E-state index < -0.39 is 0 Å². The smallest absolute Gasteiger partial charge is 0.219 e. The zero-order valence-electron chi connectivity index (χ0n) is 17.7. The molecule has 30 heavy (non-hydrogen) atoms. The second-order valence-electron chi connectivity index (χ2n) is 8.59. The zero-order valence-corrected chi connectivity index (χ0v) is 18.5. The number of rotatable bonds is 5. The third-order valence-corrected chi connectivity index (χ3v) is 6.70. The molecule has 2 fully saturated rings. The molecule has 2 aliphatic heterocycles. The summed E-state index contributed by atoms with van der Waals surface area (Å²) in [6, 6.07) is 16.5. The van der Waals surface area contributed by atoms with Crippen LogP contribution in [0.25, 0.3) is 0 Å². The predicted molar refractivity (Wildman–Crippen MR) is 121 cm³/mol. The average molecular weight is 427 g/mol. The number of carbonyl (C=O) groups excluding carboxylic acids is 1. The Hall–Kier alpha value is -2.04. The van der Waals surface area contributed by atoms with Crippen LogP contribution in [0.1, 0.15) is 43.7 Å². The van der Waals surface area contributed by atoms with Gasteiger partial charge in [-0.15, -0.1) is 0 Å². The molecule has 0 radical (unpaired) electrons. The summed E-state index contributed by atoms with van der Waals surface area (Å²) in [5.74, 6) is 1.68. The molecule has 2 aromatic rings. The Morgan fingerprint density at radius 2 is 1.93 bits per heavy atom. The molecule has 1 amide bonds. The largest absolute Gasteiger partial charge is 0.489 e. The van der Waals surface area contributed by atoms with E-state index >= 15 is 0 Å². The molecule has 160 valence electrons. The minimum Gasteiger partial charge on any atom is -0.489 e. The first-order valence-electron chi connectivity index (χ1n) is 11.0. The van der Waals surface area contributed by atoms with Crippen LogP contribution in [0.2, 0.25) is 5.02 Å². The van der Waals surface area contributed by atoms with E-state index in [1.54, 1.807) is 6.92 Å². The highest BCUT2D eigenvalue weighted by molar-refractivity contribution is 6.30. The Labute approximate surface area is 184 Å². The van der Waals surface area contributed by atoms with Crippen LogP contribution in [0.3, 0.4) is 0 Å². The van der Waals surface area contributed by atoms with Crippen molar-refractivity contribution in [3.05, 3.63) is 64.7 Å². The fraction of sp³-hybridized carbons (Fsp3) is 0.480. The maximum atomic E-state index is 12.1. The minimum atomic E-state index is 0.229. The molecule has 4 rings (SSSR count). The lowest BCUT2D eigenvalue weighted by Crippen LogP contribution is -2.51. The molecule has 4 nitrogen and oxygen atoms in total. The predicted octanol–water partition coefficient (Wildman–Crippen LogP) is 5.14. The molecule has 0 saturated carbocycles. The Morgan fingerprint density at radius 1 is 1.10 bits per heavy atom. The molecular weight excluding hydrogens is 396 g/mol. The van der Waals surface area contributed by atoms with E-state index in [0.717, 1.165) is 60.9 Å². The van der Waals surface area contributed by atoms with Crippen LogP contribution in [0.5, 0.6) is 5.75 Å². The van der Waals surface area contributed by atoms with E-state index in [0.29, 0.717) is 18.6 Å². The molecule has 0 N–H and O–H groups in total. The van der Waals surface area contributed by atoms with Gasteiger partial charge in [-0.2, -0.15) is 0 Å². The number of likely N-dealkylation sites (tertiary alicyclic amines) is 2. The standard InChI is InChI=1S/C25H31ClN2O2/c1-19(29)28-13-6-5-9-21-16-27(14-12-24(21)28)17-22-15-23(26)10-11-25(22)30-18-20-7-3-2-4-8-20/h2-4,7-8,10-11,15,21,24H,5-6,9,12-14,16-18H2,1H3/t21-,24-/m1/s1. The summed E-state index contributed by atoms with van der Waals surface area (Å²) < 4.78 is 6.16. The SMILES string of the molecule is CC(=O)N1CCCC[C@@H]2CN(Cc3cc(Cl)ccc3OCc3ccccc3)CC[C@H]21. The average Bonchev–Trinajstić information content (AvgIpc) is 2.96. The van der Waals surface area contributed by atoms with Gasteiger partial charge >= 0.3 is 0 Å². The minimum absolute atomic E-state index is 0.229. The first-order valence-corrected chi connectivity index (χ1v) is 11.4. The van der Waals surface area contributed by atoms with E-state index in [-0.39, 0.29) is 5.91 Å². The van der Waals surface area contributed by atoms with Gasteiger partial charge in [0.15, 0.2) is 0 Å². The molecule has 0 unspecified atom stereocenters. The molecule has 2 aliphatic rings. The molecule has 2 saturated heterocycles. The third-order valence-electron chi connectivity index (χ3n) is 6.46. The second kappa shape index (κ2) is 9.84. The molecule has 0 spiro atoms. The fourth-order valence-corrected chi connectivity index (χ4v) is 5.16. The topological polar surface area (TPSA) is 32.8 Å². The number of benzene rings is 2. The number of hydrogen-bond donors (Lipinski definition) is 0. The molecule has 2 aromatic carbocycles. The summed E-state index contributed by atoms with van der Waals surface area (Å²) in [7, 11) is 0. The number of amides is 1. The summed E-state index contributed by atoms with van der Waals surface area (Å²) >= 11 is 6.32. The van der Waals surface area contributed by atoms with E-state index in [2.05, 4.69) is 21.9 Å². The summed E-state index contributed by atoms with van der Waals surface area (Å²) in [6.45, 7) is 6.04. The fourth-order valence-electron chi connectivity index (χ4n) is 4.97. The number of fused-ring (bicyclic) bond motifs is 1. The van der Waals surface area contributed by atoms with Crippen LogP contribution in [-0.2, 0) is 17.9 Å². The summed E-state index contributed by atoms with van der Waals surface area (Å²) in [6.07, 6.45) is 4.59. The Kier molecular flexibility index (Phi) is 6.96. The van der Waals surface area contributed by atoms with Gasteiger partial charge in [-0.25, -0.2) is 0 Å². The van der Waals surface area contributed by atoms with E-state index in [1.165, 1.54) is 12.8 Å². The zero-order chi connectivity index (χ0) is 20.9. The quantitative estimate of drug-likeness (QED) is 0.663. The Morgan fingerprint density at radius 3 is 2.73 bits per heavy atom. The van der Waals surface area contributed by atoms with Crippen molar-refractivity contribution in [3.8, 4) is 5.75 Å². The number of piperidine rings is 1. The molecule has 2 atom stereocenters. The van der Waals surface area contributed by atoms with Crippen molar-refractivity contribution in [3.63, 3.8) is 0 Å². The van der Waals surface area contributed by atoms with E-state index in [1.807, 2.05) is 36.4 Å². The van der Waals surface area contributed by atoms with Crippen LogP contribution in [0, 0.1) is 5.92 Å². The summed E-state index contributed by atoms with van der Waals surface area (Å²) in [5.41, 5.74) is 2.29. The van der Waals surface area contributed by atoms with Crippen molar-refractivity contribution in [1.29, 1.82) is 0 Å². The molecular formula is C25H31ClN2O2. The van der Waals surface area contributed by atoms with Crippen LogP contribution >= 0.6 is 11.6 Å². The third kappa shape index (κ3) is 5.16. The monoisotopic (exact) mass is 426 g/mol. The molecule has 5 heteroatoms. The molecule has 0 aromatic heterocycles. The van der Waals surface area contributed by atoms with Crippen molar-refractivity contribution >= 4 is 17.5 Å². The number of hydrogen-bond acceptors (Lipinski definition) is 3. The maximum Gasteiger partial charge on any atom is 0.219 e. The van der Waals surface area contributed by atoms with Gasteiger partial charge in [-0.1, -0.05) is 48.4 Å². The van der Waals surface area contributed by atoms with Gasteiger partial charge < -0.3 is 9.64 Å². The molecule has 0 aliphatic carbocycles. The van der Waals surface area contributed by atoms with Crippen LogP contribution in [0.15, 0.2) is 48.5 Å². The first kappa shape index (κ1) is 21.2. The normalized spacial score (nSPS) is 22.3. The van der Waals surface area contributed by atoms with Crippen LogP contribution in [0.4, 0.5) is 0 Å². The van der Waals surface area contributed by atoms with Gasteiger partial charge in [0.05, 0.1) is 0 Å². The molecule has 0 bridgehead atoms. The van der Waals surface area contributed by atoms with Gasteiger partial charge in [0, 0.05) is 49.7 Å². The lowest BCUT2D eigenvalue weighted by Gasteiger charge is -2.42. The van der Waals surface area contributed by atoms with Crippen molar-refractivity contribution in [2.75, 3.05) is 19.6 Å². The highest BCUT2D eigenvalue weighted by atomic mass is 35.5. The van der Waals surface area contributed by atoms with Crippen LogP contribution in [-0.4, -0.2) is 41.4 Å². The highest BCUT2D eigenvalue weighted by Gasteiger charge is 2.35. The van der Waals surface area contributed by atoms with E-state index in [4.69, 9.17) is 16.3 Å². The number of carbonyl (C=O) groups is 1. The van der Waals surface area contributed by atoms with E-state index in [9.17, 15) is 4.79 Å². The molecule has 2 heterocycles. The van der Waals surface area contributed by atoms with Crippen molar-refractivity contribution < 1.29 is 9.53 Å². The van der Waals surface area contributed by atoms with Crippen molar-refractivity contribution in [2.24, 2.45) is 5.92 Å². The number of nitrogens with zero attached hydrogens (tertiary/aromatic N) is 2. The van der Waals surface area contributed by atoms with Crippen molar-refractivity contribution in [2.45, 2.75) is 51.8 Å². The maximum absolute atomic E-state index is 12.1. The van der Waals surface area contributed by atoms with Gasteiger partial charge in [-0.05, 0) is 48.9 Å². The van der Waals surface area contributed by atoms with Gasteiger partial charge in [-0.3, -0.25) is 9.69 Å². The summed E-state index contributed by atoms with van der Waals surface area (Å²) in [5, 5.41) is 0.740. The number of halogens is 1. The van der Waals surface area contributed by atoms with Gasteiger partial charge in [0.25, 0.3) is 0 Å². The summed E-state index contributed by atoms with van der Waals surface area (Å²) in [4.78, 5) is 16.8. The van der Waals surface area contributed by atoms with Crippen molar-refractivity contribution in [1.82, 2.24) is 9.80 Å². The van der Waals surface area contributed by atoms with Crippen LogP contribution < -0.4 is 4.74 Å². The Balaban J connectivity index is 1.44. The number of ether oxygens (including phenoxy) is 1. The van der Waals surface area contributed by atoms with Gasteiger partial charge in [0.1, 0.15) is 12.4 Å². The highest BCUT2D eigenvalue weighted by Crippen LogP contribution is 2.32. The first-order chi connectivity index (χ1) is 14.6.